The summed E-state index contributed by atoms with van der Waals surface area (Å²) >= 11 is 6.16. The van der Waals surface area contributed by atoms with Crippen LogP contribution in [0.1, 0.15) is 53.7 Å². The predicted molar refractivity (Wildman–Crippen MR) is 105 cm³/mol. The number of hydrogen-bond acceptors (Lipinski definition) is 5. The molecule has 0 saturated heterocycles. The van der Waals surface area contributed by atoms with Gasteiger partial charge in [0.15, 0.2) is 0 Å². The minimum atomic E-state index is -0.435. The molecule has 0 aliphatic heterocycles. The predicted octanol–water partition coefficient (Wildman–Crippen LogP) is 5.10. The molecule has 5 nitrogen and oxygen atoms in total. The van der Waals surface area contributed by atoms with Gasteiger partial charge < -0.3 is 9.15 Å². The van der Waals surface area contributed by atoms with E-state index in [9.17, 15) is 9.59 Å². The number of carbonyl (C=O) groups is 1. The van der Waals surface area contributed by atoms with E-state index in [4.69, 9.17) is 20.8 Å². The van der Waals surface area contributed by atoms with Gasteiger partial charge >= 0.3 is 5.97 Å². The first-order chi connectivity index (χ1) is 12.9. The first-order valence-corrected chi connectivity index (χ1v) is 9.57. The highest BCUT2D eigenvalue weighted by atomic mass is 35.5. The zero-order valence-corrected chi connectivity index (χ0v) is 16.1. The molecule has 0 spiro atoms. The van der Waals surface area contributed by atoms with E-state index in [1.165, 1.54) is 12.5 Å². The fourth-order valence-electron chi connectivity index (χ4n) is 3.59. The van der Waals surface area contributed by atoms with Crippen LogP contribution in [0.15, 0.2) is 27.4 Å². The third-order valence-corrected chi connectivity index (χ3v) is 5.59. The first kappa shape index (κ1) is 18.0. The molecule has 4 rings (SSSR count). The van der Waals surface area contributed by atoms with Gasteiger partial charge in [-0.3, -0.25) is 4.79 Å². The molecular weight excluding hydrogens is 366 g/mol. The number of aromatic nitrogens is 1. The van der Waals surface area contributed by atoms with Crippen LogP contribution in [0.25, 0.3) is 22.1 Å². The average Bonchev–Trinajstić information content (AvgIpc) is 2.64. The van der Waals surface area contributed by atoms with E-state index in [1.807, 2.05) is 6.92 Å². The molecule has 0 radical (unpaired) electrons. The highest BCUT2D eigenvalue weighted by Crippen LogP contribution is 2.26. The van der Waals surface area contributed by atoms with Gasteiger partial charge in [0.1, 0.15) is 11.7 Å². The standard InChI is InChI=1S/C21H20ClNO4/c1-11-8-18-15(10-17(11)22)19(24)16-9-14(12(2)23-20(16)27-18)21(25)26-13-6-4-3-5-7-13/h8-10,13H,3-7H2,1-2H3. The Kier molecular flexibility index (Phi) is 4.64. The summed E-state index contributed by atoms with van der Waals surface area (Å²) in [6.45, 7) is 3.56. The van der Waals surface area contributed by atoms with Crippen LogP contribution in [0.3, 0.4) is 0 Å². The smallest absolute Gasteiger partial charge is 0.340 e. The number of ether oxygens (including phenoxy) is 1. The maximum atomic E-state index is 12.9. The molecule has 0 N–H and O–H groups in total. The highest BCUT2D eigenvalue weighted by Gasteiger charge is 2.22. The average molecular weight is 386 g/mol. The Hall–Kier alpha value is -2.40. The lowest BCUT2D eigenvalue weighted by Gasteiger charge is -2.22. The summed E-state index contributed by atoms with van der Waals surface area (Å²) in [5.74, 6) is -0.435. The number of aryl methyl sites for hydroxylation is 2. The van der Waals surface area contributed by atoms with Crippen molar-refractivity contribution < 1.29 is 13.9 Å². The van der Waals surface area contributed by atoms with Crippen molar-refractivity contribution in [1.82, 2.24) is 4.98 Å². The highest BCUT2D eigenvalue weighted by molar-refractivity contribution is 6.32. The fourth-order valence-corrected chi connectivity index (χ4v) is 3.76. The molecular formula is C21H20ClNO4. The number of hydrogen-bond donors (Lipinski definition) is 0. The second-order valence-corrected chi connectivity index (χ2v) is 7.58. The molecule has 0 bridgehead atoms. The second kappa shape index (κ2) is 6.97. The van der Waals surface area contributed by atoms with Crippen molar-refractivity contribution in [2.75, 3.05) is 0 Å². The van der Waals surface area contributed by atoms with Crippen LogP contribution < -0.4 is 5.43 Å². The first-order valence-electron chi connectivity index (χ1n) is 9.19. The summed E-state index contributed by atoms with van der Waals surface area (Å²) in [5, 5.41) is 1.12. The maximum Gasteiger partial charge on any atom is 0.340 e. The zero-order chi connectivity index (χ0) is 19.1. The minimum absolute atomic E-state index is 0.0591. The quantitative estimate of drug-likeness (QED) is 0.453. The van der Waals surface area contributed by atoms with Crippen LogP contribution >= 0.6 is 11.6 Å². The van der Waals surface area contributed by atoms with Crippen molar-refractivity contribution in [2.24, 2.45) is 0 Å². The van der Waals surface area contributed by atoms with Crippen LogP contribution in [-0.4, -0.2) is 17.1 Å². The van der Waals surface area contributed by atoms with Gasteiger partial charge in [0.05, 0.1) is 22.0 Å². The molecule has 1 aromatic carbocycles. The topological polar surface area (TPSA) is 69.4 Å². The van der Waals surface area contributed by atoms with Gasteiger partial charge in [0, 0.05) is 5.02 Å². The van der Waals surface area contributed by atoms with Crippen LogP contribution in [-0.2, 0) is 4.74 Å². The van der Waals surface area contributed by atoms with Gasteiger partial charge in [-0.2, -0.15) is 0 Å². The van der Waals surface area contributed by atoms with E-state index in [2.05, 4.69) is 4.98 Å². The largest absolute Gasteiger partial charge is 0.459 e. The number of esters is 1. The van der Waals surface area contributed by atoms with Crippen molar-refractivity contribution >= 4 is 39.6 Å². The SMILES string of the molecule is Cc1cc2oc3nc(C)c(C(=O)OC4CCCCC4)cc3c(=O)c2cc1Cl. The Labute approximate surface area is 161 Å². The number of nitrogens with zero attached hydrogens (tertiary/aromatic N) is 1. The number of fused-ring (bicyclic) bond motifs is 2. The summed E-state index contributed by atoms with van der Waals surface area (Å²) in [6, 6.07) is 4.85. The van der Waals surface area contributed by atoms with Crippen molar-refractivity contribution in [3.05, 3.63) is 50.3 Å². The van der Waals surface area contributed by atoms with E-state index in [-0.39, 0.29) is 22.6 Å². The third kappa shape index (κ3) is 3.32. The summed E-state index contributed by atoms with van der Waals surface area (Å²) in [4.78, 5) is 29.9. The van der Waals surface area contributed by atoms with Crippen LogP contribution in [0, 0.1) is 13.8 Å². The van der Waals surface area contributed by atoms with Crippen molar-refractivity contribution in [2.45, 2.75) is 52.1 Å². The van der Waals surface area contributed by atoms with E-state index >= 15 is 0 Å². The molecule has 0 unspecified atom stereocenters. The number of rotatable bonds is 2. The minimum Gasteiger partial charge on any atom is -0.459 e. The Morgan fingerprint density at radius 1 is 1.15 bits per heavy atom. The van der Waals surface area contributed by atoms with Gasteiger partial charge in [-0.15, -0.1) is 0 Å². The van der Waals surface area contributed by atoms with Crippen LogP contribution in [0.2, 0.25) is 5.02 Å². The van der Waals surface area contributed by atoms with Gasteiger partial charge in [0.2, 0.25) is 11.1 Å². The number of benzene rings is 1. The van der Waals surface area contributed by atoms with E-state index in [0.29, 0.717) is 27.2 Å². The summed E-state index contributed by atoms with van der Waals surface area (Å²) in [7, 11) is 0. The monoisotopic (exact) mass is 385 g/mol. The Morgan fingerprint density at radius 2 is 1.89 bits per heavy atom. The molecule has 1 aliphatic rings. The van der Waals surface area contributed by atoms with Gasteiger partial charge in [-0.25, -0.2) is 9.78 Å². The Balaban J connectivity index is 1.80. The van der Waals surface area contributed by atoms with E-state index < -0.39 is 5.97 Å². The molecule has 3 aromatic rings. The van der Waals surface area contributed by atoms with Crippen LogP contribution in [0.4, 0.5) is 0 Å². The lowest BCUT2D eigenvalue weighted by molar-refractivity contribution is 0.0210. The molecule has 2 aromatic heterocycles. The summed E-state index contributed by atoms with van der Waals surface area (Å²) in [5.41, 5.74) is 1.98. The molecule has 2 heterocycles. The lowest BCUT2D eigenvalue weighted by Crippen LogP contribution is -2.22. The number of pyridine rings is 1. The molecule has 1 aliphatic carbocycles. The van der Waals surface area contributed by atoms with Gasteiger partial charge in [0.25, 0.3) is 0 Å². The number of carbonyl (C=O) groups excluding carboxylic acids is 1. The second-order valence-electron chi connectivity index (χ2n) is 7.17. The molecule has 0 atom stereocenters. The lowest BCUT2D eigenvalue weighted by atomic mass is 9.98. The van der Waals surface area contributed by atoms with E-state index in [0.717, 1.165) is 31.2 Å². The Morgan fingerprint density at radius 3 is 2.63 bits per heavy atom. The van der Waals surface area contributed by atoms with Gasteiger partial charge in [-0.1, -0.05) is 18.0 Å². The Bertz CT molecular complexity index is 1110. The fraction of sp³-hybridized carbons (Fsp3) is 0.381. The summed E-state index contributed by atoms with van der Waals surface area (Å²) in [6.07, 6.45) is 5.04. The number of halogens is 1. The van der Waals surface area contributed by atoms with E-state index in [1.54, 1.807) is 19.1 Å². The van der Waals surface area contributed by atoms with Gasteiger partial charge in [-0.05, 0) is 63.3 Å². The molecule has 27 heavy (non-hydrogen) atoms. The van der Waals surface area contributed by atoms with Crippen molar-refractivity contribution in [3.8, 4) is 0 Å². The third-order valence-electron chi connectivity index (χ3n) is 5.18. The summed E-state index contributed by atoms with van der Waals surface area (Å²) < 4.78 is 11.4. The zero-order valence-electron chi connectivity index (χ0n) is 15.3. The molecule has 0 amide bonds. The molecule has 1 saturated carbocycles. The molecule has 140 valence electrons. The van der Waals surface area contributed by atoms with Crippen molar-refractivity contribution in [3.63, 3.8) is 0 Å². The normalized spacial score (nSPS) is 15.4. The molecule has 1 fully saturated rings. The van der Waals surface area contributed by atoms with Crippen LogP contribution in [0.5, 0.6) is 0 Å². The maximum absolute atomic E-state index is 12.9. The van der Waals surface area contributed by atoms with Crippen molar-refractivity contribution in [1.29, 1.82) is 0 Å². The molecule has 6 heteroatoms.